The summed E-state index contributed by atoms with van der Waals surface area (Å²) in [4.78, 5) is 15.8. The van der Waals surface area contributed by atoms with E-state index < -0.39 is 0 Å². The van der Waals surface area contributed by atoms with Gasteiger partial charge in [-0.15, -0.1) is 0 Å². The van der Waals surface area contributed by atoms with E-state index in [-0.39, 0.29) is 5.78 Å². The molecule has 0 N–H and O–H groups in total. The van der Waals surface area contributed by atoms with Gasteiger partial charge >= 0.3 is 0 Å². The molecule has 0 unspecified atom stereocenters. The molecule has 0 atom stereocenters. The van der Waals surface area contributed by atoms with Gasteiger partial charge in [-0.3, -0.25) is 9.78 Å². The Hall–Kier alpha value is -0.830. The molecule has 0 aromatic carbocycles. The fourth-order valence-electron chi connectivity index (χ4n) is 2.04. The van der Waals surface area contributed by atoms with Crippen molar-refractivity contribution in [3.8, 4) is 0 Å². The number of carbonyl (C=O) groups excluding carboxylic acids is 1. The normalized spacial score (nSPS) is 17.2. The van der Waals surface area contributed by atoms with Crippen LogP contribution in [0.25, 0.3) is 0 Å². The minimum Gasteiger partial charge on any atom is -0.293 e. The molecular weight excluding hydrogens is 218 g/mol. The molecule has 1 heterocycles. The van der Waals surface area contributed by atoms with Gasteiger partial charge < -0.3 is 0 Å². The number of carbonyl (C=O) groups is 1. The second-order valence-electron chi connectivity index (χ2n) is 4.24. The van der Waals surface area contributed by atoms with Gasteiger partial charge in [-0.25, -0.2) is 0 Å². The molecule has 16 heavy (non-hydrogen) atoms. The molecule has 1 aromatic heterocycles. The highest BCUT2D eigenvalue weighted by atomic mass is 32.2. The maximum Gasteiger partial charge on any atom is 0.174 e. The number of Topliss-reactive ketones (excluding diaryl/α,β-unsaturated/α-hetero) is 1. The Morgan fingerprint density at radius 2 is 2.19 bits per heavy atom. The number of nitrogens with zero attached hydrogens (tertiary/aromatic N) is 1. The predicted octanol–water partition coefficient (Wildman–Crippen LogP) is 3.33. The lowest BCUT2D eigenvalue weighted by Gasteiger charge is -2.20. The van der Waals surface area contributed by atoms with Crippen molar-refractivity contribution in [3.63, 3.8) is 0 Å². The number of rotatable bonds is 4. The van der Waals surface area contributed by atoms with E-state index in [0.29, 0.717) is 11.0 Å². The lowest BCUT2D eigenvalue weighted by molar-refractivity contribution is 0.102. The average Bonchev–Trinajstić information content (AvgIpc) is 2.38. The van der Waals surface area contributed by atoms with Gasteiger partial charge in [0.2, 0.25) is 0 Å². The fourth-order valence-corrected chi connectivity index (χ4v) is 3.26. The minimum absolute atomic E-state index is 0.212. The van der Waals surface area contributed by atoms with Gasteiger partial charge in [0.1, 0.15) is 0 Å². The largest absolute Gasteiger partial charge is 0.293 e. The summed E-state index contributed by atoms with van der Waals surface area (Å²) in [5.41, 5.74) is 0.741. The Balaban J connectivity index is 1.79. The number of aromatic nitrogens is 1. The molecule has 0 spiro atoms. The van der Waals surface area contributed by atoms with E-state index in [0.717, 1.165) is 5.56 Å². The summed E-state index contributed by atoms with van der Waals surface area (Å²) < 4.78 is 0. The van der Waals surface area contributed by atoms with Crippen LogP contribution in [0.4, 0.5) is 0 Å². The molecule has 1 aliphatic rings. The Kier molecular flexibility index (Phi) is 4.40. The van der Waals surface area contributed by atoms with Gasteiger partial charge in [0.25, 0.3) is 0 Å². The van der Waals surface area contributed by atoms with E-state index in [1.807, 2.05) is 23.9 Å². The van der Waals surface area contributed by atoms with Crippen LogP contribution in [0.15, 0.2) is 24.5 Å². The number of pyridine rings is 1. The van der Waals surface area contributed by atoms with Crippen molar-refractivity contribution in [2.24, 2.45) is 0 Å². The summed E-state index contributed by atoms with van der Waals surface area (Å²) in [6.07, 6.45) is 9.95. The minimum atomic E-state index is 0.212. The third-order valence-electron chi connectivity index (χ3n) is 2.99. The third-order valence-corrected chi connectivity index (χ3v) is 4.36. The monoisotopic (exact) mass is 235 g/mol. The molecule has 0 saturated heterocycles. The maximum atomic E-state index is 11.8. The first-order chi connectivity index (χ1) is 7.86. The summed E-state index contributed by atoms with van der Waals surface area (Å²) in [7, 11) is 0. The van der Waals surface area contributed by atoms with E-state index >= 15 is 0 Å². The average molecular weight is 235 g/mol. The van der Waals surface area contributed by atoms with Crippen molar-refractivity contribution < 1.29 is 4.79 Å². The summed E-state index contributed by atoms with van der Waals surface area (Å²) in [5, 5.41) is 0.703. The smallest absolute Gasteiger partial charge is 0.174 e. The first-order valence-electron chi connectivity index (χ1n) is 5.91. The topological polar surface area (TPSA) is 30.0 Å². The maximum absolute atomic E-state index is 11.8. The van der Waals surface area contributed by atoms with E-state index in [4.69, 9.17) is 0 Å². The van der Waals surface area contributed by atoms with Crippen LogP contribution in [-0.4, -0.2) is 21.8 Å². The molecule has 0 aliphatic heterocycles. The van der Waals surface area contributed by atoms with Crippen LogP contribution in [0.2, 0.25) is 0 Å². The molecule has 86 valence electrons. The summed E-state index contributed by atoms with van der Waals surface area (Å²) in [5.74, 6) is 0.819. The molecule has 1 saturated carbocycles. The second kappa shape index (κ2) is 6.04. The molecule has 1 aromatic rings. The molecule has 3 heteroatoms. The highest BCUT2D eigenvalue weighted by Crippen LogP contribution is 2.28. The lowest BCUT2D eigenvalue weighted by Crippen LogP contribution is -2.12. The first kappa shape index (κ1) is 11.6. The van der Waals surface area contributed by atoms with Gasteiger partial charge in [-0.05, 0) is 25.0 Å². The summed E-state index contributed by atoms with van der Waals surface area (Å²) in [6, 6.07) is 3.66. The van der Waals surface area contributed by atoms with Gasteiger partial charge in [0.15, 0.2) is 5.78 Å². The van der Waals surface area contributed by atoms with Crippen LogP contribution in [0.5, 0.6) is 0 Å². The predicted molar refractivity (Wildman–Crippen MR) is 67.9 cm³/mol. The second-order valence-corrected chi connectivity index (χ2v) is 5.52. The van der Waals surface area contributed by atoms with E-state index in [1.54, 1.807) is 12.4 Å². The standard InChI is InChI=1S/C13H17NOS/c15-13(11-5-4-8-14-9-11)10-16-12-6-2-1-3-7-12/h4-5,8-9,12H,1-3,6-7,10H2. The summed E-state index contributed by atoms with van der Waals surface area (Å²) in [6.45, 7) is 0. The van der Waals surface area contributed by atoms with Crippen LogP contribution < -0.4 is 0 Å². The van der Waals surface area contributed by atoms with E-state index in [9.17, 15) is 4.79 Å². The number of ketones is 1. The Labute approximate surface area is 101 Å². The Morgan fingerprint density at radius 1 is 1.38 bits per heavy atom. The fraction of sp³-hybridized carbons (Fsp3) is 0.538. The van der Waals surface area contributed by atoms with Crippen LogP contribution in [-0.2, 0) is 0 Å². The molecule has 0 radical (unpaired) electrons. The molecule has 1 fully saturated rings. The molecule has 0 bridgehead atoms. The zero-order chi connectivity index (χ0) is 11.2. The highest BCUT2D eigenvalue weighted by molar-refractivity contribution is 8.00. The van der Waals surface area contributed by atoms with Crippen LogP contribution in [0.1, 0.15) is 42.5 Å². The zero-order valence-electron chi connectivity index (χ0n) is 9.39. The van der Waals surface area contributed by atoms with Crippen LogP contribution in [0, 0.1) is 0 Å². The van der Waals surface area contributed by atoms with Gasteiger partial charge in [-0.2, -0.15) is 11.8 Å². The van der Waals surface area contributed by atoms with Crippen molar-refractivity contribution in [1.82, 2.24) is 4.98 Å². The molecule has 2 nitrogen and oxygen atoms in total. The Morgan fingerprint density at radius 3 is 2.88 bits per heavy atom. The summed E-state index contributed by atoms with van der Waals surface area (Å²) >= 11 is 1.82. The molecule has 0 amide bonds. The number of hydrogen-bond donors (Lipinski definition) is 0. The quantitative estimate of drug-likeness (QED) is 0.750. The van der Waals surface area contributed by atoms with Crippen molar-refractivity contribution >= 4 is 17.5 Å². The van der Waals surface area contributed by atoms with Gasteiger partial charge in [0, 0.05) is 23.2 Å². The van der Waals surface area contributed by atoms with Crippen molar-refractivity contribution in [3.05, 3.63) is 30.1 Å². The highest BCUT2D eigenvalue weighted by Gasteiger charge is 2.15. The van der Waals surface area contributed by atoms with Crippen molar-refractivity contribution in [2.45, 2.75) is 37.4 Å². The van der Waals surface area contributed by atoms with Crippen molar-refractivity contribution in [1.29, 1.82) is 0 Å². The third kappa shape index (κ3) is 3.34. The van der Waals surface area contributed by atoms with E-state index in [2.05, 4.69) is 4.98 Å². The molecular formula is C13H17NOS. The molecule has 1 aliphatic carbocycles. The van der Waals surface area contributed by atoms with E-state index in [1.165, 1.54) is 32.1 Å². The van der Waals surface area contributed by atoms with Gasteiger partial charge in [-0.1, -0.05) is 19.3 Å². The lowest BCUT2D eigenvalue weighted by atomic mass is 10.0. The number of thioether (sulfide) groups is 1. The van der Waals surface area contributed by atoms with Crippen molar-refractivity contribution in [2.75, 3.05) is 5.75 Å². The first-order valence-corrected chi connectivity index (χ1v) is 6.96. The van der Waals surface area contributed by atoms with Crippen LogP contribution in [0.3, 0.4) is 0 Å². The SMILES string of the molecule is O=C(CSC1CCCCC1)c1cccnc1. The Bertz CT molecular complexity index is 333. The number of hydrogen-bond acceptors (Lipinski definition) is 3. The van der Waals surface area contributed by atoms with Crippen LogP contribution >= 0.6 is 11.8 Å². The van der Waals surface area contributed by atoms with Gasteiger partial charge in [0.05, 0.1) is 5.75 Å². The zero-order valence-corrected chi connectivity index (χ0v) is 10.2. The molecule has 2 rings (SSSR count).